The van der Waals surface area contributed by atoms with E-state index in [-0.39, 0.29) is 82.7 Å². The molecule has 23 heteroatoms. The topological polar surface area (TPSA) is 363 Å². The van der Waals surface area contributed by atoms with E-state index >= 15 is 0 Å². The molecule has 4 aromatic rings. The van der Waals surface area contributed by atoms with Gasteiger partial charge < -0.3 is 62.8 Å². The number of ether oxygens (including phenoxy) is 2. The number of nitrogens with two attached hydrogens (primary N) is 4. The number of phenols is 1. The molecule has 15 N–H and O–H groups in total. The second-order valence-corrected chi connectivity index (χ2v) is 18.8. The van der Waals surface area contributed by atoms with Crippen LogP contribution in [-0.2, 0) is 36.4 Å². The molecular formula is C45H61N11O11S. The maximum Gasteiger partial charge on any atom is 0.274 e. The number of anilines is 1. The summed E-state index contributed by atoms with van der Waals surface area (Å²) in [5, 5.41) is 45.6. The zero-order valence-electron chi connectivity index (χ0n) is 38.7. The Morgan fingerprint density at radius 1 is 0.941 bits per heavy atom. The van der Waals surface area contributed by atoms with Crippen LogP contribution in [0.3, 0.4) is 0 Å². The number of aliphatic hydroxyl groups excluding tert-OH is 2. The van der Waals surface area contributed by atoms with E-state index in [1.807, 2.05) is 29.0 Å². The first-order chi connectivity index (χ1) is 31.9. The van der Waals surface area contributed by atoms with Gasteiger partial charge >= 0.3 is 0 Å². The highest BCUT2D eigenvalue weighted by Gasteiger charge is 2.37. The summed E-state index contributed by atoms with van der Waals surface area (Å²) < 4.78 is 38.3. The number of aromatic nitrogens is 2. The van der Waals surface area contributed by atoms with Crippen molar-refractivity contribution in [1.29, 1.82) is 0 Å². The van der Waals surface area contributed by atoms with Gasteiger partial charge in [0.05, 0.1) is 5.69 Å². The Morgan fingerprint density at radius 2 is 1.57 bits per heavy atom. The van der Waals surface area contributed by atoms with E-state index in [1.165, 1.54) is 33.0 Å². The van der Waals surface area contributed by atoms with Crippen LogP contribution in [-0.4, -0.2) is 133 Å². The molecular weight excluding hydrogens is 903 g/mol. The first kappa shape index (κ1) is 52.5. The van der Waals surface area contributed by atoms with Crippen molar-refractivity contribution < 1.29 is 52.4 Å². The molecule has 3 aromatic carbocycles. The van der Waals surface area contributed by atoms with E-state index in [1.54, 1.807) is 18.2 Å². The Balaban J connectivity index is 1.63. The molecule has 22 nitrogen and oxygen atoms in total. The lowest BCUT2D eigenvalue weighted by Gasteiger charge is -2.32. The van der Waals surface area contributed by atoms with Crippen LogP contribution >= 0.6 is 0 Å². The monoisotopic (exact) mass is 963 g/mol. The average Bonchev–Trinajstić information content (AvgIpc) is 3.28. The molecule has 2 heterocycles. The summed E-state index contributed by atoms with van der Waals surface area (Å²) in [6.45, 7) is 7.39. The second kappa shape index (κ2) is 22.1. The number of likely N-dealkylation sites (N-methyl/N-ethyl adjacent to an activating group) is 1. The van der Waals surface area contributed by atoms with Gasteiger partial charge in [-0.1, -0.05) is 51.1 Å². The van der Waals surface area contributed by atoms with Gasteiger partial charge in [0.25, 0.3) is 16.1 Å². The molecule has 4 bridgehead atoms. The van der Waals surface area contributed by atoms with E-state index in [4.69, 9.17) is 31.8 Å². The van der Waals surface area contributed by atoms with E-state index in [0.717, 1.165) is 10.5 Å². The number of hydrogen-bond donors (Lipinski definition) is 11. The molecule has 368 valence electrons. The van der Waals surface area contributed by atoms with Crippen LogP contribution in [0.15, 0.2) is 54.6 Å². The smallest absolute Gasteiger partial charge is 0.274 e. The molecule has 1 aliphatic heterocycles. The summed E-state index contributed by atoms with van der Waals surface area (Å²) in [5.41, 5.74) is 19.9. The molecule has 0 aliphatic carbocycles. The molecule has 1 aromatic heterocycles. The normalized spacial score (nSPS) is 16.9. The van der Waals surface area contributed by atoms with Crippen molar-refractivity contribution in [2.75, 3.05) is 52.2 Å². The van der Waals surface area contributed by atoms with Crippen molar-refractivity contribution in [3.63, 3.8) is 0 Å². The highest BCUT2D eigenvalue weighted by atomic mass is 32.2. The quantitative estimate of drug-likeness (QED) is 0.0666. The molecule has 68 heavy (non-hydrogen) atoms. The number of nitrogens with one attached hydrogen (secondary N) is 4. The highest BCUT2D eigenvalue weighted by molar-refractivity contribution is 7.87. The third kappa shape index (κ3) is 13.2. The predicted molar refractivity (Wildman–Crippen MR) is 252 cm³/mol. The summed E-state index contributed by atoms with van der Waals surface area (Å²) in [6, 6.07) is 10.3. The lowest BCUT2D eigenvalue weighted by molar-refractivity contribution is -0.141. The first-order valence-corrected chi connectivity index (χ1v) is 23.2. The van der Waals surface area contributed by atoms with Crippen LogP contribution in [0.2, 0.25) is 0 Å². The molecule has 0 spiro atoms. The number of carbonyl (C=O) groups is 4. The Kier molecular flexibility index (Phi) is 17.1. The maximum absolute atomic E-state index is 14.8. The highest BCUT2D eigenvalue weighted by Crippen LogP contribution is 2.44. The van der Waals surface area contributed by atoms with E-state index < -0.39 is 83.1 Å². The van der Waals surface area contributed by atoms with Crippen molar-refractivity contribution in [1.82, 2.24) is 35.5 Å². The minimum absolute atomic E-state index is 0.00639. The van der Waals surface area contributed by atoms with Crippen molar-refractivity contribution in [3.05, 3.63) is 82.5 Å². The number of aliphatic hydroxyl groups is 2. The van der Waals surface area contributed by atoms with Crippen molar-refractivity contribution in [2.24, 2.45) is 16.6 Å². The lowest BCUT2D eigenvalue weighted by Crippen LogP contribution is -2.56. The first-order valence-electron chi connectivity index (χ1n) is 21.6. The fraction of sp³-hybridized carbons (Fsp3) is 0.422. The number of phenolic OH excluding ortho intramolecular Hbond substituents is 1. The zero-order valence-corrected chi connectivity index (χ0v) is 39.5. The van der Waals surface area contributed by atoms with Gasteiger partial charge in [-0.05, 0) is 66.6 Å². The molecule has 1 aliphatic rings. The number of nitrogen functional groups attached to an aromatic ring is 1. The van der Waals surface area contributed by atoms with E-state index in [9.17, 15) is 42.9 Å². The van der Waals surface area contributed by atoms with Crippen LogP contribution in [0.5, 0.6) is 17.2 Å². The summed E-state index contributed by atoms with van der Waals surface area (Å²) >= 11 is 0. The molecule has 0 radical (unpaired) electrons. The molecule has 0 saturated heterocycles. The minimum Gasteiger partial charge on any atom is -0.504 e. The van der Waals surface area contributed by atoms with E-state index in [0.29, 0.717) is 17.5 Å². The van der Waals surface area contributed by atoms with Gasteiger partial charge in [-0.25, -0.2) is 15.1 Å². The number of rotatable bonds is 16. The number of nitrogens with zero attached hydrogens (tertiary/aromatic N) is 3. The van der Waals surface area contributed by atoms with Gasteiger partial charge in [0.15, 0.2) is 17.3 Å². The molecule has 4 amide bonds. The fourth-order valence-electron chi connectivity index (χ4n) is 7.20. The summed E-state index contributed by atoms with van der Waals surface area (Å²) in [6.07, 6.45) is -1.97. The van der Waals surface area contributed by atoms with Gasteiger partial charge in [-0.15, -0.1) is 0 Å². The summed E-state index contributed by atoms with van der Waals surface area (Å²) in [4.78, 5) is 66.6. The number of amides is 4. The number of aryl methyl sites for hydroxylation is 1. The maximum atomic E-state index is 14.8. The van der Waals surface area contributed by atoms with Gasteiger partial charge in [0.2, 0.25) is 17.7 Å². The van der Waals surface area contributed by atoms with Crippen LogP contribution in [0, 0.1) is 6.92 Å². The number of hydrogen-bond acceptors (Lipinski definition) is 16. The van der Waals surface area contributed by atoms with E-state index in [2.05, 4.69) is 46.7 Å². The largest absolute Gasteiger partial charge is 0.504 e. The summed E-state index contributed by atoms with van der Waals surface area (Å²) in [5.74, 6) is -4.19. The fourth-order valence-corrected chi connectivity index (χ4v) is 7.60. The SMILES string of the molecule is Cc1nc(-c2ccc(C(C)(C)C)cc2)nc(N)c1C(=O)N[C@@H](CNS(N)(=O)=O)C(=O)N(C)[C@@H]1C(=O)N[C@@H](C)C(=O)NCCc2ccc(OC[C@H](O)CN)c(c2)-c2cc1cc(OC[C@H](O)CN)c2O. The van der Waals surface area contributed by atoms with Gasteiger partial charge in [-0.2, -0.15) is 13.1 Å². The second-order valence-electron chi connectivity index (χ2n) is 17.4. The van der Waals surface area contributed by atoms with Crippen molar-refractivity contribution in [3.8, 4) is 39.8 Å². The van der Waals surface area contributed by atoms with Crippen molar-refractivity contribution >= 4 is 39.7 Å². The Hall–Kier alpha value is -6.47. The van der Waals surface area contributed by atoms with Crippen molar-refractivity contribution in [2.45, 2.75) is 76.8 Å². The zero-order chi connectivity index (χ0) is 50.2. The Morgan fingerprint density at radius 3 is 2.16 bits per heavy atom. The standard InChI is InChI=1S/C45H61N11O11S/c1-23-36(39(48)55-40(52-23)26-8-10-28(11-9-26)45(3,4)5)42(61)54-33(20-51-68(49,64)65)44(63)56(6)37-27-16-32(38(59)35(17-27)67-22-30(58)19-47)31-15-25(7-12-34(31)66-21-29(57)18-46)13-14-50-41(60)24(2)53-43(37)62/h7-12,15-17,24,29-30,33,37,51,57-59H,13-14,18-22,46-47H2,1-6H3,(H,50,60)(H,53,62)(H,54,61)(H2,48,52,55)(H2,49,64,65)/t24-,29+,30+,33-,37-/m0/s1. The number of fused-ring (bicyclic) bond motifs is 5. The van der Waals surface area contributed by atoms with Gasteiger partial charge in [0, 0.05) is 49.9 Å². The molecule has 5 rings (SSSR count). The Labute approximate surface area is 394 Å². The number of benzene rings is 3. The number of carbonyl (C=O) groups excluding carboxylic acids is 4. The third-order valence-corrected chi connectivity index (χ3v) is 11.6. The van der Waals surface area contributed by atoms with Crippen LogP contribution in [0.25, 0.3) is 22.5 Å². The van der Waals surface area contributed by atoms with Gasteiger partial charge in [0.1, 0.15) is 60.7 Å². The Bertz CT molecular complexity index is 2590. The number of aromatic hydroxyl groups is 1. The summed E-state index contributed by atoms with van der Waals surface area (Å²) in [7, 11) is -3.30. The van der Waals surface area contributed by atoms with Gasteiger partial charge in [-0.3, -0.25) is 19.2 Å². The average molecular weight is 964 g/mol. The molecule has 0 fully saturated rings. The lowest BCUT2D eigenvalue weighted by atomic mass is 9.86. The molecule has 5 atom stereocenters. The van der Waals surface area contributed by atoms with Crippen LogP contribution < -0.4 is 52.5 Å². The third-order valence-electron chi connectivity index (χ3n) is 11.0. The molecule has 0 saturated carbocycles. The minimum atomic E-state index is -4.49. The van der Waals surface area contributed by atoms with Crippen LogP contribution in [0.4, 0.5) is 5.82 Å². The predicted octanol–water partition coefficient (Wildman–Crippen LogP) is -0.631. The van der Waals surface area contributed by atoms with Crippen LogP contribution in [0.1, 0.15) is 66.5 Å². The molecule has 0 unspecified atom stereocenters.